The number of rotatable bonds is 5. The number of carbonyl (C=O) groups excluding carboxylic acids is 1. The molecule has 0 aliphatic heterocycles. The van der Waals surface area contributed by atoms with Gasteiger partial charge in [0.1, 0.15) is 5.15 Å². The molecule has 2 aromatic rings. The molecule has 26 heavy (non-hydrogen) atoms. The van der Waals surface area contributed by atoms with E-state index < -0.39 is 43.4 Å². The number of sulfone groups is 1. The minimum atomic E-state index is -4.76. The normalized spacial score (nSPS) is 12.0. The lowest BCUT2D eigenvalue weighted by atomic mass is 10.2. The molecule has 140 valence electrons. The number of nitrogens with one attached hydrogen (secondary N) is 1. The van der Waals surface area contributed by atoms with Gasteiger partial charge in [0.25, 0.3) is 5.91 Å². The van der Waals surface area contributed by atoms with Crippen LogP contribution in [0, 0.1) is 0 Å². The fourth-order valence-electron chi connectivity index (χ4n) is 1.90. The third kappa shape index (κ3) is 5.33. The number of carbonyl (C=O) groups is 1. The van der Waals surface area contributed by atoms with Crippen LogP contribution in [0.25, 0.3) is 0 Å². The van der Waals surface area contributed by atoms with E-state index in [9.17, 15) is 26.4 Å². The quantitative estimate of drug-likeness (QED) is 0.740. The predicted octanol–water partition coefficient (Wildman–Crippen LogP) is 3.61. The van der Waals surface area contributed by atoms with Gasteiger partial charge in [-0.2, -0.15) is 13.2 Å². The minimum Gasteiger partial charge on any atom is -0.351 e. The molecule has 0 spiro atoms. The number of pyridine rings is 1. The predicted molar refractivity (Wildman–Crippen MR) is 90.1 cm³/mol. The molecule has 1 aromatic heterocycles. The summed E-state index contributed by atoms with van der Waals surface area (Å²) in [7, 11) is -4.18. The number of hydrogen-bond donors (Lipinski definition) is 1. The zero-order chi connectivity index (χ0) is 19.5. The van der Waals surface area contributed by atoms with Crippen LogP contribution in [-0.2, 0) is 16.0 Å². The zero-order valence-electron chi connectivity index (χ0n) is 12.8. The number of nitrogens with zero attached hydrogens (tertiary/aromatic N) is 1. The van der Waals surface area contributed by atoms with Crippen molar-refractivity contribution >= 4 is 38.9 Å². The lowest BCUT2D eigenvalue weighted by Crippen LogP contribution is -2.29. The summed E-state index contributed by atoms with van der Waals surface area (Å²) in [5.74, 6) is -1.19. The summed E-state index contributed by atoms with van der Waals surface area (Å²) in [4.78, 5) is 15.3. The van der Waals surface area contributed by atoms with E-state index >= 15 is 0 Å². The summed E-state index contributed by atoms with van der Waals surface area (Å²) in [6.07, 6.45) is -4.76. The Hall–Kier alpha value is -1.84. The van der Waals surface area contributed by atoms with Crippen molar-refractivity contribution in [2.75, 3.05) is 12.3 Å². The van der Waals surface area contributed by atoms with E-state index in [-0.39, 0.29) is 12.1 Å². The second-order valence-corrected chi connectivity index (χ2v) is 7.98. The van der Waals surface area contributed by atoms with Gasteiger partial charge >= 0.3 is 6.18 Å². The fourth-order valence-corrected chi connectivity index (χ4v) is 3.41. The minimum absolute atomic E-state index is 0.257. The van der Waals surface area contributed by atoms with Crippen LogP contribution in [0.4, 0.5) is 13.2 Å². The number of amides is 1. The zero-order valence-corrected chi connectivity index (χ0v) is 15.2. The maximum atomic E-state index is 12.8. The van der Waals surface area contributed by atoms with Crippen molar-refractivity contribution in [2.24, 2.45) is 0 Å². The van der Waals surface area contributed by atoms with Crippen LogP contribution in [0.5, 0.6) is 0 Å². The lowest BCUT2D eigenvalue weighted by molar-refractivity contribution is -0.137. The summed E-state index contributed by atoms with van der Waals surface area (Å²) in [5.41, 5.74) is -0.965. The number of alkyl halides is 3. The van der Waals surface area contributed by atoms with Crippen LogP contribution in [0.15, 0.2) is 41.4 Å². The van der Waals surface area contributed by atoms with Gasteiger partial charge in [0.05, 0.1) is 11.3 Å². The summed E-state index contributed by atoms with van der Waals surface area (Å²) in [6, 6.07) is 6.80. The summed E-state index contributed by atoms with van der Waals surface area (Å²) >= 11 is 11.2. The average Bonchev–Trinajstić information content (AvgIpc) is 2.54. The molecule has 0 saturated heterocycles. The molecule has 0 aliphatic rings. The molecule has 5 nitrogen and oxygen atoms in total. The van der Waals surface area contributed by atoms with Crippen molar-refractivity contribution < 1.29 is 26.4 Å². The van der Waals surface area contributed by atoms with Crippen LogP contribution in [0.2, 0.25) is 10.2 Å². The molecule has 11 heteroatoms. The van der Waals surface area contributed by atoms with Gasteiger partial charge in [0.2, 0.25) is 0 Å². The average molecular weight is 427 g/mol. The fraction of sp³-hybridized carbons (Fsp3) is 0.200. The topological polar surface area (TPSA) is 76.1 Å². The number of halogens is 5. The van der Waals surface area contributed by atoms with E-state index in [0.717, 1.165) is 0 Å². The Morgan fingerprint density at radius 3 is 2.31 bits per heavy atom. The highest BCUT2D eigenvalue weighted by Crippen LogP contribution is 2.31. The Morgan fingerprint density at radius 2 is 1.73 bits per heavy atom. The first-order chi connectivity index (χ1) is 12.0. The van der Waals surface area contributed by atoms with Crippen molar-refractivity contribution in [3.8, 4) is 0 Å². The van der Waals surface area contributed by atoms with E-state index in [1.54, 1.807) is 0 Å². The van der Waals surface area contributed by atoms with Crippen molar-refractivity contribution in [3.05, 3.63) is 57.7 Å². The van der Waals surface area contributed by atoms with Crippen LogP contribution < -0.4 is 5.32 Å². The van der Waals surface area contributed by atoms with Gasteiger partial charge in [-0.3, -0.25) is 4.79 Å². The molecule has 0 aliphatic carbocycles. The Morgan fingerprint density at radius 1 is 1.12 bits per heavy atom. The van der Waals surface area contributed by atoms with Crippen molar-refractivity contribution in [1.82, 2.24) is 10.3 Å². The summed E-state index contributed by atoms with van der Waals surface area (Å²) in [5, 5.41) is 1.39. The SMILES string of the molecule is O=C(NCCS(=O)(=O)c1cc(C(F)(F)F)cc(Cl)n1)c1ccc(Cl)cc1. The second kappa shape index (κ2) is 7.81. The molecule has 0 atom stereocenters. The Labute approximate surface area is 157 Å². The molecule has 0 unspecified atom stereocenters. The van der Waals surface area contributed by atoms with E-state index in [1.807, 2.05) is 0 Å². The van der Waals surface area contributed by atoms with E-state index in [2.05, 4.69) is 10.3 Å². The number of hydrogen-bond acceptors (Lipinski definition) is 4. The van der Waals surface area contributed by atoms with E-state index in [0.29, 0.717) is 17.2 Å². The van der Waals surface area contributed by atoms with Crippen LogP contribution in [-0.4, -0.2) is 31.6 Å². The molecule has 0 radical (unpaired) electrons. The number of benzene rings is 1. The molecule has 0 saturated carbocycles. The maximum Gasteiger partial charge on any atom is 0.416 e. The first kappa shape index (κ1) is 20.5. The molecule has 1 N–H and O–H groups in total. The Bertz CT molecular complexity index is 917. The second-order valence-electron chi connectivity index (χ2n) is 5.10. The highest BCUT2D eigenvalue weighted by molar-refractivity contribution is 7.91. The van der Waals surface area contributed by atoms with Gasteiger partial charge in [0.15, 0.2) is 14.9 Å². The standard InChI is InChI=1S/C15H11Cl2F3N2O3S/c16-11-3-1-9(2-4-11)14(23)21-5-6-26(24,25)13-8-10(15(18,19)20)7-12(17)22-13/h1-4,7-8H,5-6H2,(H,21,23). The number of aromatic nitrogens is 1. The highest BCUT2D eigenvalue weighted by atomic mass is 35.5. The van der Waals surface area contributed by atoms with Crippen LogP contribution >= 0.6 is 23.2 Å². The maximum absolute atomic E-state index is 12.8. The smallest absolute Gasteiger partial charge is 0.351 e. The highest BCUT2D eigenvalue weighted by Gasteiger charge is 2.33. The molecule has 1 heterocycles. The van der Waals surface area contributed by atoms with Gasteiger partial charge in [-0.05, 0) is 36.4 Å². The monoisotopic (exact) mass is 426 g/mol. The molecule has 1 aromatic carbocycles. The first-order valence-corrected chi connectivity index (χ1v) is 9.41. The lowest BCUT2D eigenvalue weighted by Gasteiger charge is -2.10. The van der Waals surface area contributed by atoms with Gasteiger partial charge in [-0.15, -0.1) is 0 Å². The van der Waals surface area contributed by atoms with E-state index in [1.165, 1.54) is 24.3 Å². The van der Waals surface area contributed by atoms with E-state index in [4.69, 9.17) is 23.2 Å². The Kier molecular flexibility index (Phi) is 6.15. The molecular weight excluding hydrogens is 416 g/mol. The molecule has 0 fully saturated rings. The van der Waals surface area contributed by atoms with Crippen molar-refractivity contribution in [1.29, 1.82) is 0 Å². The van der Waals surface area contributed by atoms with Gasteiger partial charge in [-0.25, -0.2) is 13.4 Å². The van der Waals surface area contributed by atoms with Crippen molar-refractivity contribution in [3.63, 3.8) is 0 Å². The van der Waals surface area contributed by atoms with Crippen LogP contribution in [0.1, 0.15) is 15.9 Å². The molecule has 1 amide bonds. The summed E-state index contributed by atoms with van der Waals surface area (Å²) < 4.78 is 62.6. The van der Waals surface area contributed by atoms with Gasteiger partial charge < -0.3 is 5.32 Å². The third-order valence-electron chi connectivity index (χ3n) is 3.18. The van der Waals surface area contributed by atoms with Gasteiger partial charge in [-0.1, -0.05) is 23.2 Å². The third-order valence-corrected chi connectivity index (χ3v) is 5.21. The Balaban J connectivity index is 2.08. The molecular formula is C15H11Cl2F3N2O3S. The summed E-state index contributed by atoms with van der Waals surface area (Å²) in [6.45, 7) is -0.320. The van der Waals surface area contributed by atoms with Crippen LogP contribution in [0.3, 0.4) is 0 Å². The van der Waals surface area contributed by atoms with Gasteiger partial charge in [0, 0.05) is 17.1 Å². The largest absolute Gasteiger partial charge is 0.416 e. The molecule has 0 bridgehead atoms. The first-order valence-electron chi connectivity index (χ1n) is 7.00. The van der Waals surface area contributed by atoms with Crippen molar-refractivity contribution in [2.45, 2.75) is 11.2 Å². The molecule has 2 rings (SSSR count).